The third-order valence-electron chi connectivity index (χ3n) is 6.22. The van der Waals surface area contributed by atoms with Crippen LogP contribution in [0.2, 0.25) is 0 Å². The molecule has 5 rings (SSSR count). The highest BCUT2D eigenvalue weighted by molar-refractivity contribution is 5.27. The lowest BCUT2D eigenvalue weighted by Gasteiger charge is -2.37. The number of rotatable bonds is 4. The Morgan fingerprint density at radius 2 is 0.833 bits per heavy atom. The van der Waals surface area contributed by atoms with Gasteiger partial charge in [0.1, 0.15) is 0 Å². The Morgan fingerprint density at radius 3 is 1.13 bits per heavy atom. The largest absolute Gasteiger partial charge is 0.347 e. The lowest BCUT2D eigenvalue weighted by Crippen LogP contribution is -2.51. The van der Waals surface area contributed by atoms with Crippen LogP contribution < -0.4 is 0 Å². The highest BCUT2D eigenvalue weighted by atomic mass is 16.7. The Bertz CT molecular complexity index is 714. The molecule has 0 unspecified atom stereocenters. The summed E-state index contributed by atoms with van der Waals surface area (Å²) in [6, 6.07) is 16.7. The molecule has 0 atom stereocenters. The zero-order valence-corrected chi connectivity index (χ0v) is 17.4. The van der Waals surface area contributed by atoms with E-state index < -0.39 is 0 Å². The van der Waals surface area contributed by atoms with Crippen LogP contribution in [0, 0.1) is 0 Å². The van der Waals surface area contributed by atoms with E-state index in [4.69, 9.17) is 18.9 Å². The van der Waals surface area contributed by atoms with E-state index in [2.05, 4.69) is 58.3 Å². The van der Waals surface area contributed by atoms with E-state index in [-0.39, 0.29) is 12.6 Å². The summed E-state index contributed by atoms with van der Waals surface area (Å²) in [6.07, 6.45) is -0.341. The Morgan fingerprint density at radius 1 is 0.533 bits per heavy atom. The lowest BCUT2D eigenvalue weighted by atomic mass is 10.1. The van der Waals surface area contributed by atoms with Crippen LogP contribution in [0.1, 0.15) is 22.3 Å². The lowest BCUT2D eigenvalue weighted by molar-refractivity contribution is -0.169. The maximum absolute atomic E-state index is 6.01. The van der Waals surface area contributed by atoms with E-state index in [0.29, 0.717) is 26.4 Å². The molecule has 2 aromatic rings. The monoisotopic (exact) mass is 410 g/mol. The average Bonchev–Trinajstić information content (AvgIpc) is 3.12. The first-order chi connectivity index (χ1) is 14.8. The highest BCUT2D eigenvalue weighted by Crippen LogP contribution is 2.20. The average molecular weight is 411 g/mol. The van der Waals surface area contributed by atoms with Crippen molar-refractivity contribution in [2.75, 3.05) is 39.3 Å². The number of fused-ring (bicyclic) bond motifs is 2. The van der Waals surface area contributed by atoms with Gasteiger partial charge in [-0.15, -0.1) is 0 Å². The predicted octanol–water partition coefficient (Wildman–Crippen LogP) is 2.75. The predicted molar refractivity (Wildman–Crippen MR) is 112 cm³/mol. The highest BCUT2D eigenvalue weighted by Gasteiger charge is 2.25. The first-order valence-electron chi connectivity index (χ1n) is 10.9. The molecular weight excluding hydrogens is 380 g/mol. The number of hydrogen-bond acceptors (Lipinski definition) is 6. The molecule has 1 fully saturated rings. The molecule has 0 aliphatic carbocycles. The quantitative estimate of drug-likeness (QED) is 0.772. The van der Waals surface area contributed by atoms with E-state index >= 15 is 0 Å². The van der Waals surface area contributed by atoms with Gasteiger partial charge in [-0.25, -0.2) is 0 Å². The maximum Gasteiger partial charge on any atom is 0.171 e. The summed E-state index contributed by atoms with van der Waals surface area (Å²) < 4.78 is 24.0. The minimum atomic E-state index is -0.170. The Hall–Kier alpha value is -1.80. The summed E-state index contributed by atoms with van der Waals surface area (Å²) in [6.45, 7) is 8.14. The van der Waals surface area contributed by atoms with Gasteiger partial charge in [0.2, 0.25) is 0 Å². The third-order valence-corrected chi connectivity index (χ3v) is 6.22. The van der Waals surface area contributed by atoms with E-state index in [1.54, 1.807) is 0 Å². The second-order valence-electron chi connectivity index (χ2n) is 8.24. The molecule has 2 aromatic carbocycles. The number of benzene rings is 2. The van der Waals surface area contributed by atoms with Crippen LogP contribution in [-0.4, -0.2) is 61.6 Å². The third kappa shape index (κ3) is 4.91. The number of piperazine rings is 1. The van der Waals surface area contributed by atoms with Gasteiger partial charge in [0, 0.05) is 39.3 Å². The van der Waals surface area contributed by atoms with Gasteiger partial charge in [0.25, 0.3) is 0 Å². The minimum Gasteiger partial charge on any atom is -0.347 e. The molecule has 6 nitrogen and oxygen atoms in total. The molecular formula is C24H30N2O4. The molecule has 0 N–H and O–H groups in total. The summed E-state index contributed by atoms with van der Waals surface area (Å²) in [5.74, 6) is 0. The van der Waals surface area contributed by atoms with Gasteiger partial charge in [-0.05, 0) is 22.3 Å². The SMILES string of the molecule is c1ccc2c(c1)COC(CN1CCN(CC3OCc4ccccc4CO3)CC1)OC2. The summed E-state index contributed by atoms with van der Waals surface area (Å²) in [5.41, 5.74) is 4.93. The van der Waals surface area contributed by atoms with E-state index in [9.17, 15) is 0 Å². The fourth-order valence-electron chi connectivity index (χ4n) is 4.29. The van der Waals surface area contributed by atoms with Crippen molar-refractivity contribution in [3.8, 4) is 0 Å². The second kappa shape index (κ2) is 9.56. The summed E-state index contributed by atoms with van der Waals surface area (Å²) in [5, 5.41) is 0. The van der Waals surface area contributed by atoms with Crippen molar-refractivity contribution in [3.63, 3.8) is 0 Å². The Kier molecular flexibility index (Phi) is 6.41. The van der Waals surface area contributed by atoms with Crippen molar-refractivity contribution in [1.29, 1.82) is 0 Å². The Labute approximate surface area is 178 Å². The van der Waals surface area contributed by atoms with Gasteiger partial charge < -0.3 is 18.9 Å². The topological polar surface area (TPSA) is 43.4 Å². The molecule has 3 heterocycles. The summed E-state index contributed by atoms with van der Waals surface area (Å²) in [7, 11) is 0. The summed E-state index contributed by atoms with van der Waals surface area (Å²) >= 11 is 0. The minimum absolute atomic E-state index is 0.170. The summed E-state index contributed by atoms with van der Waals surface area (Å²) in [4.78, 5) is 4.86. The molecule has 160 valence electrons. The van der Waals surface area contributed by atoms with Crippen molar-refractivity contribution in [2.24, 2.45) is 0 Å². The van der Waals surface area contributed by atoms with Crippen molar-refractivity contribution in [1.82, 2.24) is 9.80 Å². The van der Waals surface area contributed by atoms with Gasteiger partial charge >= 0.3 is 0 Å². The van der Waals surface area contributed by atoms with Gasteiger partial charge in [-0.3, -0.25) is 9.80 Å². The Balaban J connectivity index is 1.06. The maximum atomic E-state index is 6.01. The molecule has 30 heavy (non-hydrogen) atoms. The fourth-order valence-corrected chi connectivity index (χ4v) is 4.29. The van der Waals surface area contributed by atoms with Crippen molar-refractivity contribution in [2.45, 2.75) is 39.0 Å². The van der Waals surface area contributed by atoms with Gasteiger partial charge in [0.05, 0.1) is 26.4 Å². The van der Waals surface area contributed by atoms with Crippen molar-refractivity contribution in [3.05, 3.63) is 70.8 Å². The van der Waals surface area contributed by atoms with Crippen LogP contribution in [0.15, 0.2) is 48.5 Å². The van der Waals surface area contributed by atoms with Crippen molar-refractivity contribution >= 4 is 0 Å². The molecule has 0 radical (unpaired) electrons. The van der Waals surface area contributed by atoms with Crippen LogP contribution in [0.3, 0.4) is 0 Å². The molecule has 0 aromatic heterocycles. The van der Waals surface area contributed by atoms with Gasteiger partial charge in [0.15, 0.2) is 12.6 Å². The van der Waals surface area contributed by atoms with E-state index in [0.717, 1.165) is 39.3 Å². The van der Waals surface area contributed by atoms with Gasteiger partial charge in [-0.1, -0.05) is 48.5 Å². The smallest absolute Gasteiger partial charge is 0.171 e. The van der Waals surface area contributed by atoms with E-state index in [1.807, 2.05) is 0 Å². The van der Waals surface area contributed by atoms with E-state index in [1.165, 1.54) is 22.3 Å². The molecule has 1 saturated heterocycles. The fraction of sp³-hybridized carbons (Fsp3) is 0.500. The van der Waals surface area contributed by atoms with Crippen LogP contribution in [0.5, 0.6) is 0 Å². The molecule has 0 bridgehead atoms. The zero-order valence-electron chi connectivity index (χ0n) is 17.4. The zero-order chi connectivity index (χ0) is 20.2. The molecule has 6 heteroatoms. The number of nitrogens with zero attached hydrogens (tertiary/aromatic N) is 2. The number of ether oxygens (including phenoxy) is 4. The molecule has 0 amide bonds. The van der Waals surface area contributed by atoms with Crippen LogP contribution >= 0.6 is 0 Å². The first-order valence-corrected chi connectivity index (χ1v) is 10.9. The molecule has 3 aliphatic heterocycles. The van der Waals surface area contributed by atoms with Crippen LogP contribution in [0.4, 0.5) is 0 Å². The second-order valence-corrected chi connectivity index (χ2v) is 8.24. The van der Waals surface area contributed by atoms with Crippen molar-refractivity contribution < 1.29 is 18.9 Å². The van der Waals surface area contributed by atoms with Gasteiger partial charge in [-0.2, -0.15) is 0 Å². The van der Waals surface area contributed by atoms with Crippen LogP contribution in [-0.2, 0) is 45.4 Å². The molecule has 3 aliphatic rings. The number of hydrogen-bond donors (Lipinski definition) is 0. The first kappa shape index (κ1) is 20.1. The molecule has 0 saturated carbocycles. The normalized spacial score (nSPS) is 22.1. The standard InChI is InChI=1S/C24H30N2O4/c1-2-6-20-16-28-23(27-15-19(20)5-1)13-25-9-11-26(12-10-25)14-24-29-17-21-7-3-4-8-22(21)18-30-24/h1-8,23-24H,9-18H2. The van der Waals surface area contributed by atoms with Crippen LogP contribution in [0.25, 0.3) is 0 Å². The molecule has 0 spiro atoms.